The molecule has 10 atom stereocenters. The van der Waals surface area contributed by atoms with E-state index in [1.165, 1.54) is 44.2 Å². The number of phenolic OH excluding ortho intramolecular Hbond substituents is 6. The Morgan fingerprint density at radius 2 is 1.52 bits per heavy atom. The van der Waals surface area contributed by atoms with Gasteiger partial charge in [-0.25, -0.2) is 4.79 Å². The van der Waals surface area contributed by atoms with E-state index in [4.69, 9.17) is 28.1 Å². The minimum Gasteiger partial charge on any atom is -0.508 e. The molecule has 19 nitrogen and oxygen atoms in total. The molecule has 300 valence electrons. The van der Waals surface area contributed by atoms with E-state index < -0.39 is 125 Å². The lowest BCUT2D eigenvalue weighted by Gasteiger charge is -2.45. The third-order valence-corrected chi connectivity index (χ3v) is 9.24. The quantitative estimate of drug-likeness (QED) is 0.0617. The largest absolute Gasteiger partial charge is 0.508 e. The second kappa shape index (κ2) is 15.8. The minimum absolute atomic E-state index is 0.0480. The smallest absolute Gasteiger partial charge is 0.330 e. The Hall–Kier alpha value is -5.64. The molecule has 2 aliphatic rings. The molecule has 0 bridgehead atoms. The fourth-order valence-electron chi connectivity index (χ4n) is 6.16. The number of esters is 1. The van der Waals surface area contributed by atoms with Crippen LogP contribution in [0.5, 0.6) is 40.2 Å². The van der Waals surface area contributed by atoms with E-state index >= 15 is 0 Å². The molecule has 0 spiro atoms. The number of phenols is 6. The maximum Gasteiger partial charge on any atom is 0.330 e. The number of aliphatic hydroxyl groups excluding tert-OH is 5. The molecule has 19 heteroatoms. The molecule has 2 saturated heterocycles. The molecule has 0 amide bonds. The van der Waals surface area contributed by atoms with Crippen molar-refractivity contribution < 1.29 is 89.1 Å². The molecule has 4 aromatic rings. The van der Waals surface area contributed by atoms with Gasteiger partial charge in [0, 0.05) is 23.8 Å². The SMILES string of the molecule is Cc1cc(-c2oc3cc(O)cc(O)c3c(=O)c2O[C@@H]2OC(C)[C@H](O)[C@H](O)C2O[C@@H]2OC(COC(=O)/C=C/c3ccc(O)c(O)c3)[C@@H](O)[C@@H](O)C2O)cc(O)c1O. The fraction of sp³-hybridized carbons (Fsp3) is 0.351. The van der Waals surface area contributed by atoms with Gasteiger partial charge in [-0.1, -0.05) is 6.07 Å². The summed E-state index contributed by atoms with van der Waals surface area (Å²) in [4.78, 5) is 26.4. The van der Waals surface area contributed by atoms with Gasteiger partial charge in [0.25, 0.3) is 0 Å². The van der Waals surface area contributed by atoms with Crippen LogP contribution in [0.1, 0.15) is 18.1 Å². The van der Waals surface area contributed by atoms with Gasteiger partial charge in [-0.05, 0) is 55.3 Å². The number of benzene rings is 3. The van der Waals surface area contributed by atoms with Gasteiger partial charge in [0.05, 0.1) is 6.10 Å². The minimum atomic E-state index is -2.03. The van der Waals surface area contributed by atoms with Gasteiger partial charge in [-0.2, -0.15) is 0 Å². The van der Waals surface area contributed by atoms with Crippen molar-refractivity contribution in [3.05, 3.63) is 69.9 Å². The zero-order valence-electron chi connectivity index (χ0n) is 29.4. The summed E-state index contributed by atoms with van der Waals surface area (Å²) >= 11 is 0. The van der Waals surface area contributed by atoms with Crippen LogP contribution in [0.3, 0.4) is 0 Å². The van der Waals surface area contributed by atoms with Gasteiger partial charge >= 0.3 is 5.97 Å². The second-order valence-electron chi connectivity index (χ2n) is 13.2. The standard InChI is InChI=1S/C37H38O19/c1-13-7-16(9-21(42)26(13)44)33-34(29(47)25-20(41)10-17(38)11-22(25)53-33)55-37-35(31(49)27(45)14(2)52-37)56-36-32(50)30(48)28(46)23(54-36)12-51-24(43)6-4-15-3-5-18(39)19(40)8-15/h3-11,14,23,27-28,30-32,35-42,44-46,48-50H,12H2,1-2H3/b6-4+/t14?,23?,27-,28+,30+,31-,32?,35?,36-,37-/m0/s1. The molecule has 0 aliphatic carbocycles. The van der Waals surface area contributed by atoms with E-state index in [1.807, 2.05) is 0 Å². The van der Waals surface area contributed by atoms with E-state index in [9.17, 15) is 65.8 Å². The number of hydrogen-bond donors (Lipinski definition) is 11. The summed E-state index contributed by atoms with van der Waals surface area (Å²) in [6.45, 7) is 2.06. The Labute approximate surface area is 315 Å². The number of carbonyl (C=O) groups is 1. The van der Waals surface area contributed by atoms with Gasteiger partial charge in [0.15, 0.2) is 41.2 Å². The molecule has 3 heterocycles. The predicted octanol–water partition coefficient (Wildman–Crippen LogP) is 0.297. The molecule has 0 saturated carbocycles. The summed E-state index contributed by atoms with van der Waals surface area (Å²) in [5, 5.41) is 114. The summed E-state index contributed by atoms with van der Waals surface area (Å²) in [5.41, 5.74) is -0.971. The summed E-state index contributed by atoms with van der Waals surface area (Å²) in [5.74, 6) is -5.20. The van der Waals surface area contributed by atoms with Crippen LogP contribution >= 0.6 is 0 Å². The van der Waals surface area contributed by atoms with E-state index in [2.05, 4.69) is 0 Å². The van der Waals surface area contributed by atoms with Gasteiger partial charge in [-0.3, -0.25) is 4.79 Å². The highest BCUT2D eigenvalue weighted by Crippen LogP contribution is 2.41. The Morgan fingerprint density at radius 3 is 2.21 bits per heavy atom. The van der Waals surface area contributed by atoms with E-state index in [1.54, 1.807) is 0 Å². The highest BCUT2D eigenvalue weighted by molar-refractivity contribution is 5.89. The number of rotatable bonds is 9. The number of aryl methyl sites for hydroxylation is 1. The topological polar surface area (TPSA) is 316 Å². The maximum atomic E-state index is 14.0. The fourth-order valence-corrected chi connectivity index (χ4v) is 6.16. The first kappa shape index (κ1) is 40.0. The molecule has 6 rings (SSSR count). The molecule has 3 aromatic carbocycles. The lowest BCUT2D eigenvalue weighted by atomic mass is 9.97. The number of fused-ring (bicyclic) bond motifs is 1. The van der Waals surface area contributed by atoms with E-state index in [0.717, 1.165) is 24.3 Å². The average molecular weight is 787 g/mol. The van der Waals surface area contributed by atoms with Crippen LogP contribution in [0.4, 0.5) is 0 Å². The second-order valence-corrected chi connectivity index (χ2v) is 13.2. The van der Waals surface area contributed by atoms with Crippen LogP contribution in [0.15, 0.2) is 57.8 Å². The Morgan fingerprint density at radius 1 is 0.786 bits per heavy atom. The molecule has 2 fully saturated rings. The van der Waals surface area contributed by atoms with Crippen molar-refractivity contribution in [2.45, 2.75) is 75.3 Å². The highest BCUT2D eigenvalue weighted by atomic mass is 16.8. The maximum absolute atomic E-state index is 14.0. The van der Waals surface area contributed by atoms with Crippen LogP contribution in [-0.4, -0.2) is 130 Å². The third-order valence-electron chi connectivity index (χ3n) is 9.24. The highest BCUT2D eigenvalue weighted by Gasteiger charge is 2.51. The third kappa shape index (κ3) is 7.88. The van der Waals surface area contributed by atoms with Gasteiger partial charge in [-0.15, -0.1) is 0 Å². The number of aliphatic hydroxyl groups is 5. The normalized spacial score (nSPS) is 28.1. The molecular weight excluding hydrogens is 748 g/mol. The van der Waals surface area contributed by atoms with E-state index in [-0.39, 0.29) is 22.5 Å². The van der Waals surface area contributed by atoms with Crippen molar-refractivity contribution >= 4 is 23.0 Å². The first-order valence-electron chi connectivity index (χ1n) is 16.9. The molecule has 56 heavy (non-hydrogen) atoms. The first-order valence-corrected chi connectivity index (χ1v) is 16.9. The van der Waals surface area contributed by atoms with Gasteiger partial charge in [0.1, 0.15) is 65.7 Å². The Balaban J connectivity index is 1.29. The Bertz CT molecular complexity index is 2180. The first-order chi connectivity index (χ1) is 26.4. The molecule has 2 aliphatic heterocycles. The van der Waals surface area contributed by atoms with Crippen LogP contribution in [0.25, 0.3) is 28.4 Å². The number of aromatic hydroxyl groups is 6. The number of hydrogen-bond acceptors (Lipinski definition) is 19. The summed E-state index contributed by atoms with van der Waals surface area (Å²) in [7, 11) is 0. The van der Waals surface area contributed by atoms with Gasteiger partial charge < -0.3 is 84.3 Å². The van der Waals surface area contributed by atoms with Crippen molar-refractivity contribution in [2.24, 2.45) is 0 Å². The molecule has 1 aromatic heterocycles. The average Bonchev–Trinajstić information content (AvgIpc) is 3.14. The summed E-state index contributed by atoms with van der Waals surface area (Å²) in [6.07, 6.45) is -15.7. The Kier molecular flexibility index (Phi) is 11.3. The van der Waals surface area contributed by atoms with Crippen molar-refractivity contribution in [1.82, 2.24) is 0 Å². The molecular formula is C37H38O19. The van der Waals surface area contributed by atoms with Crippen molar-refractivity contribution in [3.63, 3.8) is 0 Å². The van der Waals surface area contributed by atoms with Crippen molar-refractivity contribution in [2.75, 3.05) is 6.61 Å². The van der Waals surface area contributed by atoms with Gasteiger partial charge in [0.2, 0.25) is 17.5 Å². The predicted molar refractivity (Wildman–Crippen MR) is 188 cm³/mol. The van der Waals surface area contributed by atoms with Crippen LogP contribution < -0.4 is 10.2 Å². The zero-order valence-corrected chi connectivity index (χ0v) is 29.4. The van der Waals surface area contributed by atoms with Crippen LogP contribution in [-0.2, 0) is 23.7 Å². The van der Waals surface area contributed by atoms with Crippen LogP contribution in [0.2, 0.25) is 0 Å². The monoisotopic (exact) mass is 786 g/mol. The number of ether oxygens (including phenoxy) is 5. The van der Waals surface area contributed by atoms with Crippen molar-refractivity contribution in [1.29, 1.82) is 0 Å². The summed E-state index contributed by atoms with van der Waals surface area (Å²) in [6, 6.07) is 7.98. The lowest BCUT2D eigenvalue weighted by molar-refractivity contribution is -0.355. The summed E-state index contributed by atoms with van der Waals surface area (Å²) < 4.78 is 34.2. The zero-order chi connectivity index (χ0) is 40.7. The van der Waals surface area contributed by atoms with Crippen molar-refractivity contribution in [3.8, 4) is 51.6 Å². The molecule has 4 unspecified atom stereocenters. The van der Waals surface area contributed by atoms with Crippen LogP contribution in [0, 0.1) is 6.92 Å². The number of carbonyl (C=O) groups excluding carboxylic acids is 1. The molecule has 11 N–H and O–H groups in total. The van der Waals surface area contributed by atoms with E-state index in [0.29, 0.717) is 5.56 Å². The lowest BCUT2D eigenvalue weighted by Crippen LogP contribution is -2.64. The molecule has 0 radical (unpaired) electrons.